The molecule has 0 aromatic heterocycles. The maximum absolute atomic E-state index is 11.1. The minimum Gasteiger partial charge on any atom is -0.494 e. The molecule has 3 nitrogen and oxygen atoms in total. The zero-order valence-electron chi connectivity index (χ0n) is 21.7. The molecule has 0 saturated carbocycles. The standard InChI is InChI=1S/C35H34O3/c1-2-33(36)38-27-15-4-3-14-26-37-32-24-22-31(23-25-32)35(30-20-12-7-13-21-30)34(28-16-8-5-9-17-28)29-18-10-6-11-19-29/h2,5-13,16-25H,1,3-4,14-15,26-27H2. The number of carbonyl (C=O) groups excluding carboxylic acids is 1. The van der Waals surface area contributed by atoms with Crippen LogP contribution in [0, 0.1) is 0 Å². The van der Waals surface area contributed by atoms with E-state index in [2.05, 4.69) is 122 Å². The highest BCUT2D eigenvalue weighted by atomic mass is 16.5. The summed E-state index contributed by atoms with van der Waals surface area (Å²) in [6.45, 7) is 4.50. The van der Waals surface area contributed by atoms with Crippen molar-refractivity contribution < 1.29 is 14.3 Å². The lowest BCUT2D eigenvalue weighted by Gasteiger charge is -2.18. The lowest BCUT2D eigenvalue weighted by molar-refractivity contribution is -0.137. The first-order chi connectivity index (χ1) is 18.8. The first-order valence-electron chi connectivity index (χ1n) is 13.2. The van der Waals surface area contributed by atoms with Crippen LogP contribution in [0.3, 0.4) is 0 Å². The molecule has 0 radical (unpaired) electrons. The van der Waals surface area contributed by atoms with E-state index in [0.717, 1.165) is 37.0 Å². The summed E-state index contributed by atoms with van der Waals surface area (Å²) in [6.07, 6.45) is 5.04. The maximum Gasteiger partial charge on any atom is 0.330 e. The molecule has 0 amide bonds. The molecular weight excluding hydrogens is 468 g/mol. The molecule has 0 saturated heterocycles. The topological polar surface area (TPSA) is 35.5 Å². The van der Waals surface area contributed by atoms with Crippen molar-refractivity contribution in [1.82, 2.24) is 0 Å². The SMILES string of the molecule is C=CC(=O)OCCCCCCOc1ccc(C(=C(c2ccccc2)c2ccccc2)c2ccccc2)cc1. The van der Waals surface area contributed by atoms with Crippen molar-refractivity contribution in [3.8, 4) is 5.75 Å². The molecule has 38 heavy (non-hydrogen) atoms. The van der Waals surface area contributed by atoms with E-state index in [0.29, 0.717) is 13.2 Å². The van der Waals surface area contributed by atoms with Gasteiger partial charge in [0.2, 0.25) is 0 Å². The van der Waals surface area contributed by atoms with Gasteiger partial charge in [0.1, 0.15) is 5.75 Å². The molecule has 4 aromatic rings. The number of esters is 1. The summed E-state index contributed by atoms with van der Waals surface area (Å²) in [6, 6.07) is 40.1. The molecule has 0 heterocycles. The van der Waals surface area contributed by atoms with Gasteiger partial charge in [-0.1, -0.05) is 110 Å². The van der Waals surface area contributed by atoms with Crippen LogP contribution >= 0.6 is 0 Å². The Morgan fingerprint density at radius 3 is 1.42 bits per heavy atom. The number of hydrogen-bond acceptors (Lipinski definition) is 3. The van der Waals surface area contributed by atoms with Crippen LogP contribution < -0.4 is 4.74 Å². The molecule has 0 atom stereocenters. The van der Waals surface area contributed by atoms with Gasteiger partial charge < -0.3 is 9.47 Å². The monoisotopic (exact) mass is 502 g/mol. The molecule has 0 spiro atoms. The van der Waals surface area contributed by atoms with Gasteiger partial charge in [-0.25, -0.2) is 4.79 Å². The molecule has 0 aliphatic rings. The van der Waals surface area contributed by atoms with Crippen molar-refractivity contribution in [2.75, 3.05) is 13.2 Å². The second-order valence-electron chi connectivity index (χ2n) is 9.01. The van der Waals surface area contributed by atoms with Crippen molar-refractivity contribution in [3.63, 3.8) is 0 Å². The summed E-state index contributed by atoms with van der Waals surface area (Å²) in [5.74, 6) is 0.503. The average molecular weight is 503 g/mol. The predicted molar refractivity (Wildman–Crippen MR) is 156 cm³/mol. The van der Waals surface area contributed by atoms with E-state index < -0.39 is 0 Å². The Labute approximate surface area is 226 Å². The molecule has 0 unspecified atom stereocenters. The van der Waals surface area contributed by atoms with Gasteiger partial charge in [-0.3, -0.25) is 0 Å². The van der Waals surface area contributed by atoms with E-state index in [1.807, 2.05) is 0 Å². The van der Waals surface area contributed by atoms with Crippen LogP contribution in [-0.4, -0.2) is 19.2 Å². The van der Waals surface area contributed by atoms with Gasteiger partial charge in [-0.05, 0) is 71.2 Å². The Hall–Kier alpha value is -4.37. The van der Waals surface area contributed by atoms with Crippen molar-refractivity contribution in [3.05, 3.63) is 150 Å². The number of benzene rings is 4. The molecule has 4 rings (SSSR count). The van der Waals surface area contributed by atoms with E-state index in [-0.39, 0.29) is 5.97 Å². The number of rotatable bonds is 13. The van der Waals surface area contributed by atoms with Crippen molar-refractivity contribution in [1.29, 1.82) is 0 Å². The molecular formula is C35H34O3. The quantitative estimate of drug-likeness (QED) is 0.0797. The third-order valence-electron chi connectivity index (χ3n) is 6.30. The van der Waals surface area contributed by atoms with E-state index in [4.69, 9.17) is 9.47 Å². The summed E-state index contributed by atoms with van der Waals surface area (Å²) < 4.78 is 11.0. The summed E-state index contributed by atoms with van der Waals surface area (Å²) in [5, 5.41) is 0. The van der Waals surface area contributed by atoms with Crippen molar-refractivity contribution >= 4 is 17.1 Å². The van der Waals surface area contributed by atoms with Gasteiger partial charge in [-0.2, -0.15) is 0 Å². The Bertz CT molecular complexity index is 1270. The third kappa shape index (κ3) is 7.57. The van der Waals surface area contributed by atoms with Crippen molar-refractivity contribution in [2.45, 2.75) is 25.7 Å². The Morgan fingerprint density at radius 2 is 0.974 bits per heavy atom. The molecule has 0 N–H and O–H groups in total. The van der Waals surface area contributed by atoms with Crippen LogP contribution in [0.15, 0.2) is 128 Å². The van der Waals surface area contributed by atoms with Gasteiger partial charge in [0.15, 0.2) is 0 Å². The van der Waals surface area contributed by atoms with E-state index in [1.165, 1.54) is 33.9 Å². The summed E-state index contributed by atoms with van der Waals surface area (Å²) in [7, 11) is 0. The van der Waals surface area contributed by atoms with Gasteiger partial charge in [0.25, 0.3) is 0 Å². The fraction of sp³-hybridized carbons (Fsp3) is 0.171. The van der Waals surface area contributed by atoms with E-state index >= 15 is 0 Å². The van der Waals surface area contributed by atoms with Crippen LogP contribution in [0.2, 0.25) is 0 Å². The van der Waals surface area contributed by atoms with Gasteiger partial charge in [0, 0.05) is 6.08 Å². The molecule has 4 aromatic carbocycles. The summed E-state index contributed by atoms with van der Waals surface area (Å²) >= 11 is 0. The van der Waals surface area contributed by atoms with E-state index in [9.17, 15) is 4.79 Å². The van der Waals surface area contributed by atoms with Crippen LogP contribution in [0.5, 0.6) is 5.75 Å². The van der Waals surface area contributed by atoms with Gasteiger partial charge >= 0.3 is 5.97 Å². The fourth-order valence-corrected chi connectivity index (χ4v) is 4.42. The zero-order valence-corrected chi connectivity index (χ0v) is 21.7. The highest BCUT2D eigenvalue weighted by Gasteiger charge is 2.16. The van der Waals surface area contributed by atoms with Gasteiger partial charge in [0.05, 0.1) is 13.2 Å². The Morgan fingerprint density at radius 1 is 0.553 bits per heavy atom. The molecule has 0 aliphatic heterocycles. The third-order valence-corrected chi connectivity index (χ3v) is 6.30. The first-order valence-corrected chi connectivity index (χ1v) is 13.2. The second kappa shape index (κ2) is 14.4. The summed E-state index contributed by atoms with van der Waals surface area (Å²) in [5.41, 5.74) is 7.05. The lowest BCUT2D eigenvalue weighted by Crippen LogP contribution is -2.02. The van der Waals surface area contributed by atoms with E-state index in [1.54, 1.807) is 0 Å². The molecule has 0 aliphatic carbocycles. The smallest absolute Gasteiger partial charge is 0.330 e. The normalized spacial score (nSPS) is 10.4. The minimum absolute atomic E-state index is 0.360. The minimum atomic E-state index is -0.360. The van der Waals surface area contributed by atoms with Crippen LogP contribution in [-0.2, 0) is 9.53 Å². The number of hydrogen-bond donors (Lipinski definition) is 0. The van der Waals surface area contributed by atoms with Crippen LogP contribution in [0.25, 0.3) is 11.1 Å². The largest absolute Gasteiger partial charge is 0.494 e. The average Bonchev–Trinajstić information content (AvgIpc) is 2.99. The molecule has 192 valence electrons. The molecule has 0 bridgehead atoms. The van der Waals surface area contributed by atoms with Gasteiger partial charge in [-0.15, -0.1) is 0 Å². The van der Waals surface area contributed by atoms with Crippen LogP contribution in [0.4, 0.5) is 0 Å². The maximum atomic E-state index is 11.1. The predicted octanol–water partition coefficient (Wildman–Crippen LogP) is 8.36. The molecule has 3 heteroatoms. The lowest BCUT2D eigenvalue weighted by atomic mass is 9.86. The highest BCUT2D eigenvalue weighted by molar-refractivity contribution is 6.04. The Balaban J connectivity index is 1.52. The fourth-order valence-electron chi connectivity index (χ4n) is 4.42. The number of ether oxygens (including phenoxy) is 2. The second-order valence-corrected chi connectivity index (χ2v) is 9.01. The Kier molecular flexibility index (Phi) is 10.1. The highest BCUT2D eigenvalue weighted by Crippen LogP contribution is 2.37. The van der Waals surface area contributed by atoms with Crippen LogP contribution in [0.1, 0.15) is 47.9 Å². The molecule has 0 fully saturated rings. The zero-order chi connectivity index (χ0) is 26.4. The number of unbranched alkanes of at least 4 members (excludes halogenated alkanes) is 3. The summed E-state index contributed by atoms with van der Waals surface area (Å²) in [4.78, 5) is 11.1. The van der Waals surface area contributed by atoms with Crippen molar-refractivity contribution in [2.24, 2.45) is 0 Å². The first kappa shape index (κ1) is 26.7. The number of carbonyl (C=O) groups is 1.